The molecule has 0 aromatic carbocycles. The second kappa shape index (κ2) is 4.21. The maximum atomic E-state index is 11.4. The van der Waals surface area contributed by atoms with E-state index in [4.69, 9.17) is 0 Å². The van der Waals surface area contributed by atoms with E-state index < -0.39 is 10.0 Å². The molecular weight excluding hydrogens is 232 g/mol. The molecule has 2 rings (SSSR count). The Morgan fingerprint density at radius 2 is 2.40 bits per heavy atom. The molecule has 4 nitrogen and oxygen atoms in total. The first-order valence-corrected chi connectivity index (χ1v) is 7.52. The first-order valence-electron chi connectivity index (χ1n) is 4.79. The first-order chi connectivity index (χ1) is 7.07. The Bertz CT molecular complexity index is 413. The summed E-state index contributed by atoms with van der Waals surface area (Å²) >= 11 is 1.66. The van der Waals surface area contributed by atoms with Crippen molar-refractivity contribution in [3.63, 3.8) is 0 Å². The number of nitrogens with zero attached hydrogens (tertiary/aromatic N) is 1. The van der Waals surface area contributed by atoms with Gasteiger partial charge in [-0.15, -0.1) is 11.3 Å². The predicted molar refractivity (Wildman–Crippen MR) is 61.5 cm³/mol. The topological polar surface area (TPSA) is 49.4 Å². The van der Waals surface area contributed by atoms with Crippen LogP contribution in [0.5, 0.6) is 0 Å². The number of nitrogens with one attached hydrogen (secondary N) is 1. The highest BCUT2D eigenvalue weighted by Crippen LogP contribution is 2.22. The molecule has 0 radical (unpaired) electrons. The molecule has 1 unspecified atom stereocenters. The van der Waals surface area contributed by atoms with Crippen LogP contribution in [0.2, 0.25) is 0 Å². The van der Waals surface area contributed by atoms with Gasteiger partial charge >= 0.3 is 0 Å². The average molecular weight is 246 g/mol. The molecule has 0 bridgehead atoms. The van der Waals surface area contributed by atoms with Crippen LogP contribution in [0, 0.1) is 0 Å². The Kier molecular flexibility index (Phi) is 3.11. The lowest BCUT2D eigenvalue weighted by Gasteiger charge is -2.31. The molecule has 84 valence electrons. The molecule has 1 aromatic heterocycles. The van der Waals surface area contributed by atoms with Crippen molar-refractivity contribution < 1.29 is 8.42 Å². The number of piperazine rings is 1. The fourth-order valence-electron chi connectivity index (χ4n) is 1.70. The Balaban J connectivity index is 2.12. The van der Waals surface area contributed by atoms with Crippen LogP contribution >= 0.6 is 11.3 Å². The molecular formula is C9H14N2O2S2. The van der Waals surface area contributed by atoms with Gasteiger partial charge < -0.3 is 5.32 Å². The zero-order valence-electron chi connectivity index (χ0n) is 8.51. The molecule has 0 aliphatic carbocycles. The lowest BCUT2D eigenvalue weighted by atomic mass is 10.2. The second-order valence-corrected chi connectivity index (χ2v) is 6.60. The Hall–Kier alpha value is -0.430. The standard InChI is InChI=1S/C9H14N2O2S2/c1-15(12,13)11-5-4-10-8(7-11)9-3-2-6-14-9/h2-3,6,8,10H,4-5,7H2,1H3. The lowest BCUT2D eigenvalue weighted by molar-refractivity contribution is 0.306. The van der Waals surface area contributed by atoms with E-state index >= 15 is 0 Å². The van der Waals surface area contributed by atoms with E-state index in [1.165, 1.54) is 15.4 Å². The molecule has 6 heteroatoms. The highest BCUT2D eigenvalue weighted by atomic mass is 32.2. The van der Waals surface area contributed by atoms with E-state index in [0.29, 0.717) is 13.1 Å². The summed E-state index contributed by atoms with van der Waals surface area (Å²) in [4.78, 5) is 1.20. The Morgan fingerprint density at radius 3 is 3.00 bits per heavy atom. The van der Waals surface area contributed by atoms with Gasteiger partial charge in [0.2, 0.25) is 10.0 Å². The van der Waals surface area contributed by atoms with Crippen molar-refractivity contribution >= 4 is 21.4 Å². The smallest absolute Gasteiger partial charge is 0.211 e. The van der Waals surface area contributed by atoms with Gasteiger partial charge in [-0.05, 0) is 11.4 Å². The van der Waals surface area contributed by atoms with Crippen LogP contribution in [0.1, 0.15) is 10.9 Å². The molecule has 1 atom stereocenters. The van der Waals surface area contributed by atoms with Crippen molar-refractivity contribution in [2.75, 3.05) is 25.9 Å². The van der Waals surface area contributed by atoms with Crippen molar-refractivity contribution in [2.24, 2.45) is 0 Å². The first kappa shape index (κ1) is 11.1. The zero-order valence-corrected chi connectivity index (χ0v) is 10.1. The summed E-state index contributed by atoms with van der Waals surface area (Å²) < 4.78 is 24.3. The van der Waals surface area contributed by atoms with Crippen LogP contribution in [0.25, 0.3) is 0 Å². The zero-order chi connectivity index (χ0) is 10.9. The molecule has 1 N–H and O–H groups in total. The Morgan fingerprint density at radius 1 is 1.60 bits per heavy atom. The van der Waals surface area contributed by atoms with Crippen LogP contribution < -0.4 is 5.32 Å². The molecule has 1 aromatic rings. The third-order valence-electron chi connectivity index (χ3n) is 2.49. The number of rotatable bonds is 2. The van der Waals surface area contributed by atoms with Crippen molar-refractivity contribution in [1.82, 2.24) is 9.62 Å². The summed E-state index contributed by atoms with van der Waals surface area (Å²) in [6.45, 7) is 1.83. The van der Waals surface area contributed by atoms with E-state index in [1.807, 2.05) is 17.5 Å². The minimum atomic E-state index is -3.05. The molecule has 1 aliphatic rings. The summed E-state index contributed by atoms with van der Waals surface area (Å²) in [6.07, 6.45) is 1.27. The van der Waals surface area contributed by atoms with E-state index in [1.54, 1.807) is 11.3 Å². The minimum Gasteiger partial charge on any atom is -0.307 e. The van der Waals surface area contributed by atoms with Gasteiger partial charge in [-0.1, -0.05) is 6.07 Å². The monoisotopic (exact) mass is 246 g/mol. The molecule has 0 saturated carbocycles. The van der Waals surface area contributed by atoms with Gasteiger partial charge in [0.1, 0.15) is 0 Å². The quantitative estimate of drug-likeness (QED) is 0.834. The molecule has 1 saturated heterocycles. The maximum Gasteiger partial charge on any atom is 0.211 e. The third kappa shape index (κ3) is 2.57. The average Bonchev–Trinajstić information content (AvgIpc) is 2.69. The van der Waals surface area contributed by atoms with E-state index in [-0.39, 0.29) is 6.04 Å². The SMILES string of the molecule is CS(=O)(=O)N1CCNC(c2cccs2)C1. The van der Waals surface area contributed by atoms with E-state index in [9.17, 15) is 8.42 Å². The van der Waals surface area contributed by atoms with Crippen molar-refractivity contribution in [1.29, 1.82) is 0 Å². The van der Waals surface area contributed by atoms with E-state index in [2.05, 4.69) is 5.32 Å². The summed E-state index contributed by atoms with van der Waals surface area (Å²) in [6, 6.07) is 4.17. The van der Waals surface area contributed by atoms with Gasteiger partial charge in [-0.2, -0.15) is 4.31 Å². The van der Waals surface area contributed by atoms with Crippen molar-refractivity contribution in [3.05, 3.63) is 22.4 Å². The van der Waals surface area contributed by atoms with Crippen LogP contribution in [0.3, 0.4) is 0 Å². The highest BCUT2D eigenvalue weighted by molar-refractivity contribution is 7.88. The largest absolute Gasteiger partial charge is 0.307 e. The predicted octanol–water partition coefficient (Wildman–Crippen LogP) is 0.654. The number of sulfonamides is 1. The highest BCUT2D eigenvalue weighted by Gasteiger charge is 2.26. The Labute approximate surface area is 94.0 Å². The third-order valence-corrected chi connectivity index (χ3v) is 4.75. The summed E-state index contributed by atoms with van der Waals surface area (Å²) in [7, 11) is -3.05. The van der Waals surface area contributed by atoms with Crippen molar-refractivity contribution in [2.45, 2.75) is 6.04 Å². The summed E-state index contributed by atoms with van der Waals surface area (Å²) in [5.74, 6) is 0. The summed E-state index contributed by atoms with van der Waals surface area (Å²) in [5.41, 5.74) is 0. The molecule has 0 spiro atoms. The second-order valence-electron chi connectivity index (χ2n) is 3.64. The van der Waals surface area contributed by atoms with Crippen LogP contribution in [-0.2, 0) is 10.0 Å². The molecule has 1 aliphatic heterocycles. The molecule has 2 heterocycles. The summed E-state index contributed by atoms with van der Waals surface area (Å²) in [5, 5.41) is 5.34. The van der Waals surface area contributed by atoms with Crippen molar-refractivity contribution in [3.8, 4) is 0 Å². The molecule has 0 amide bonds. The van der Waals surface area contributed by atoms with Gasteiger partial charge in [-0.3, -0.25) is 0 Å². The maximum absolute atomic E-state index is 11.4. The minimum absolute atomic E-state index is 0.147. The number of thiophene rings is 1. The van der Waals surface area contributed by atoms with Crippen LogP contribution in [0.15, 0.2) is 17.5 Å². The number of hydrogen-bond acceptors (Lipinski definition) is 4. The van der Waals surface area contributed by atoms with E-state index in [0.717, 1.165) is 6.54 Å². The van der Waals surface area contributed by atoms with Gasteiger partial charge in [0, 0.05) is 24.5 Å². The lowest BCUT2D eigenvalue weighted by Crippen LogP contribution is -2.47. The van der Waals surface area contributed by atoms with Gasteiger partial charge in [-0.25, -0.2) is 8.42 Å². The molecule has 15 heavy (non-hydrogen) atoms. The van der Waals surface area contributed by atoms with Gasteiger partial charge in [0.25, 0.3) is 0 Å². The number of hydrogen-bond donors (Lipinski definition) is 1. The fourth-order valence-corrected chi connectivity index (χ4v) is 3.34. The normalized spacial score (nSPS) is 24.2. The van der Waals surface area contributed by atoms with Gasteiger partial charge in [0.05, 0.1) is 12.3 Å². The molecule has 1 fully saturated rings. The van der Waals surface area contributed by atoms with Gasteiger partial charge in [0.15, 0.2) is 0 Å². The van der Waals surface area contributed by atoms with Crippen LogP contribution in [-0.4, -0.2) is 38.6 Å². The fraction of sp³-hybridized carbons (Fsp3) is 0.556. The van der Waals surface area contributed by atoms with Crippen LogP contribution in [0.4, 0.5) is 0 Å².